The molecule has 1 spiro atoms. The third-order valence-electron chi connectivity index (χ3n) is 7.30. The van der Waals surface area contributed by atoms with Crippen LogP contribution in [0, 0.1) is 15.5 Å². The Kier molecular flexibility index (Phi) is 4.87. The van der Waals surface area contributed by atoms with Gasteiger partial charge in [0.15, 0.2) is 5.41 Å². The smallest absolute Gasteiger partial charge is 0.335 e. The number of carbonyl (C=O) groups is 3. The number of barbiturate groups is 1. The van der Waals surface area contributed by atoms with Crippen LogP contribution in [0.2, 0.25) is 5.02 Å². The van der Waals surface area contributed by atoms with Crippen LogP contribution >= 0.6 is 11.6 Å². The van der Waals surface area contributed by atoms with E-state index in [1.807, 2.05) is 29.2 Å². The zero-order chi connectivity index (χ0) is 25.2. The van der Waals surface area contributed by atoms with E-state index >= 15 is 0 Å². The summed E-state index contributed by atoms with van der Waals surface area (Å²) in [6.45, 7) is 0.504. The van der Waals surface area contributed by atoms with Gasteiger partial charge in [0, 0.05) is 35.8 Å². The molecule has 3 aromatic rings. The van der Waals surface area contributed by atoms with E-state index in [4.69, 9.17) is 11.6 Å². The van der Waals surface area contributed by atoms with Crippen molar-refractivity contribution in [1.82, 2.24) is 5.32 Å². The number of carbonyl (C=O) groups excluding carboxylic acids is 3. The summed E-state index contributed by atoms with van der Waals surface area (Å²) in [5.74, 6) is -1.39. The molecule has 6 rings (SSSR count). The van der Waals surface area contributed by atoms with Gasteiger partial charge in [0.05, 0.1) is 16.7 Å². The van der Waals surface area contributed by atoms with Gasteiger partial charge in [0.2, 0.25) is 5.91 Å². The van der Waals surface area contributed by atoms with Crippen molar-refractivity contribution in [3.05, 3.63) is 98.6 Å². The van der Waals surface area contributed by atoms with Crippen molar-refractivity contribution in [3.8, 4) is 0 Å². The van der Waals surface area contributed by atoms with E-state index in [2.05, 4.69) is 5.32 Å². The number of nitro benzene ring substituents is 1. The maximum absolute atomic E-state index is 14.4. The number of hydrogen-bond acceptors (Lipinski definition) is 6. The van der Waals surface area contributed by atoms with Crippen LogP contribution in [0.5, 0.6) is 0 Å². The highest BCUT2D eigenvalue weighted by Crippen LogP contribution is 2.54. The third kappa shape index (κ3) is 3.06. The Hall–Kier alpha value is -4.24. The molecule has 3 aromatic carbocycles. The summed E-state index contributed by atoms with van der Waals surface area (Å²) in [6, 6.07) is 16.8. The number of anilines is 2. The first-order valence-electron chi connectivity index (χ1n) is 11.4. The molecular weight excluding hydrogens is 484 g/mol. The van der Waals surface area contributed by atoms with Gasteiger partial charge in [-0.25, -0.2) is 9.69 Å². The Balaban J connectivity index is 1.59. The van der Waals surface area contributed by atoms with Crippen LogP contribution in [-0.2, 0) is 22.4 Å². The number of non-ortho nitro benzene ring substituents is 1. The molecule has 0 unspecified atom stereocenters. The molecule has 180 valence electrons. The Morgan fingerprint density at radius 2 is 1.75 bits per heavy atom. The predicted molar refractivity (Wildman–Crippen MR) is 132 cm³/mol. The van der Waals surface area contributed by atoms with Crippen molar-refractivity contribution in [1.29, 1.82) is 0 Å². The molecule has 9 nitrogen and oxygen atoms in total. The van der Waals surface area contributed by atoms with Gasteiger partial charge < -0.3 is 4.90 Å². The van der Waals surface area contributed by atoms with Gasteiger partial charge in [-0.05, 0) is 53.4 Å². The molecule has 3 heterocycles. The number of fused-ring (bicyclic) bond motifs is 6. The van der Waals surface area contributed by atoms with Crippen molar-refractivity contribution < 1.29 is 19.3 Å². The van der Waals surface area contributed by atoms with E-state index < -0.39 is 34.2 Å². The Labute approximate surface area is 210 Å². The topological polar surface area (TPSA) is 113 Å². The van der Waals surface area contributed by atoms with Crippen LogP contribution in [0.25, 0.3) is 0 Å². The number of nitrogens with one attached hydrogen (secondary N) is 1. The zero-order valence-electron chi connectivity index (χ0n) is 18.8. The molecule has 0 radical (unpaired) electrons. The fourth-order valence-electron chi connectivity index (χ4n) is 5.74. The highest BCUT2D eigenvalue weighted by Gasteiger charge is 2.63. The molecule has 36 heavy (non-hydrogen) atoms. The average molecular weight is 503 g/mol. The molecule has 1 fully saturated rings. The van der Waals surface area contributed by atoms with Crippen LogP contribution in [0.15, 0.2) is 66.7 Å². The predicted octanol–water partition coefficient (Wildman–Crippen LogP) is 4.18. The van der Waals surface area contributed by atoms with Gasteiger partial charge in [0.25, 0.3) is 11.6 Å². The SMILES string of the molecule is O=C1NC(=O)[C@@]2(Cc3cc([N+](=O)[O-])ccc3N3CCc4ccccc4[C@H]32)C(=O)N1c1ccc(Cl)cc1. The fraction of sp³-hybridized carbons (Fsp3) is 0.192. The summed E-state index contributed by atoms with van der Waals surface area (Å²) in [4.78, 5) is 55.0. The first-order chi connectivity index (χ1) is 17.3. The fourth-order valence-corrected chi connectivity index (χ4v) is 5.86. The van der Waals surface area contributed by atoms with Crippen LogP contribution in [0.3, 0.4) is 0 Å². The number of halogens is 1. The van der Waals surface area contributed by atoms with E-state index in [1.54, 1.807) is 18.2 Å². The van der Waals surface area contributed by atoms with Crippen LogP contribution in [0.4, 0.5) is 21.9 Å². The van der Waals surface area contributed by atoms with E-state index in [1.165, 1.54) is 24.3 Å². The normalized spacial score (nSPS) is 22.6. The second kappa shape index (κ2) is 7.89. The summed E-state index contributed by atoms with van der Waals surface area (Å²) < 4.78 is 0. The first-order valence-corrected chi connectivity index (χ1v) is 11.8. The van der Waals surface area contributed by atoms with Gasteiger partial charge in [-0.15, -0.1) is 0 Å². The monoisotopic (exact) mass is 502 g/mol. The standard InChI is InChI=1S/C26H19ClN4O5/c27-17-5-7-18(8-6-17)30-24(33)26(23(32)28-25(30)34)14-16-13-19(31(35)36)9-10-21(16)29-12-11-15-3-1-2-4-20(15)22(26)29/h1-10,13,22H,11-12,14H2,(H,28,32,34)/t22-,26-/m0/s1. The third-order valence-corrected chi connectivity index (χ3v) is 7.55. The van der Waals surface area contributed by atoms with Crippen molar-refractivity contribution in [2.24, 2.45) is 5.41 Å². The molecular formula is C26H19ClN4O5. The number of urea groups is 1. The first kappa shape index (κ1) is 22.2. The quantitative estimate of drug-likeness (QED) is 0.319. The lowest BCUT2D eigenvalue weighted by molar-refractivity contribution is -0.384. The van der Waals surface area contributed by atoms with Gasteiger partial charge in [-0.3, -0.25) is 25.0 Å². The van der Waals surface area contributed by atoms with Crippen LogP contribution in [-0.4, -0.2) is 29.3 Å². The van der Waals surface area contributed by atoms with Crippen LogP contribution in [0.1, 0.15) is 22.7 Å². The lowest BCUT2D eigenvalue weighted by atomic mass is 9.64. The maximum atomic E-state index is 14.4. The molecule has 0 bridgehead atoms. The number of nitrogens with zero attached hydrogens (tertiary/aromatic N) is 3. The molecule has 3 aliphatic heterocycles. The lowest BCUT2D eigenvalue weighted by Gasteiger charge is -2.54. The van der Waals surface area contributed by atoms with Crippen molar-refractivity contribution in [2.45, 2.75) is 18.9 Å². The molecule has 1 saturated heterocycles. The Morgan fingerprint density at radius 1 is 1.00 bits per heavy atom. The largest absolute Gasteiger partial charge is 0.362 e. The number of imide groups is 2. The minimum Gasteiger partial charge on any atom is -0.362 e. The molecule has 4 amide bonds. The second-order valence-electron chi connectivity index (χ2n) is 9.14. The number of amides is 4. The van der Waals surface area contributed by atoms with E-state index in [0.29, 0.717) is 23.6 Å². The summed E-state index contributed by atoms with van der Waals surface area (Å²) >= 11 is 6.01. The summed E-state index contributed by atoms with van der Waals surface area (Å²) in [5.41, 5.74) is 1.49. The molecule has 3 aliphatic rings. The molecule has 2 atom stereocenters. The van der Waals surface area contributed by atoms with E-state index in [-0.39, 0.29) is 17.8 Å². The Morgan fingerprint density at radius 3 is 2.50 bits per heavy atom. The molecule has 0 aliphatic carbocycles. The summed E-state index contributed by atoms with van der Waals surface area (Å²) in [7, 11) is 0. The molecule has 0 aromatic heterocycles. The Bertz CT molecular complexity index is 1470. The van der Waals surface area contributed by atoms with Crippen molar-refractivity contribution in [2.75, 3.05) is 16.3 Å². The van der Waals surface area contributed by atoms with Crippen molar-refractivity contribution >= 4 is 46.5 Å². The summed E-state index contributed by atoms with van der Waals surface area (Å²) in [5, 5.41) is 14.3. The highest BCUT2D eigenvalue weighted by atomic mass is 35.5. The second-order valence-corrected chi connectivity index (χ2v) is 9.58. The maximum Gasteiger partial charge on any atom is 0.335 e. The van der Waals surface area contributed by atoms with Gasteiger partial charge in [-0.2, -0.15) is 0 Å². The van der Waals surface area contributed by atoms with Gasteiger partial charge in [-0.1, -0.05) is 35.9 Å². The van der Waals surface area contributed by atoms with Gasteiger partial charge >= 0.3 is 6.03 Å². The van der Waals surface area contributed by atoms with Crippen molar-refractivity contribution in [3.63, 3.8) is 0 Å². The molecule has 10 heteroatoms. The lowest BCUT2D eigenvalue weighted by Crippen LogP contribution is -2.70. The van der Waals surface area contributed by atoms with Gasteiger partial charge in [0.1, 0.15) is 0 Å². The summed E-state index contributed by atoms with van der Waals surface area (Å²) in [6.07, 6.45) is 0.580. The average Bonchev–Trinajstić information content (AvgIpc) is 2.87. The minimum absolute atomic E-state index is 0.0957. The molecule has 0 saturated carbocycles. The minimum atomic E-state index is -1.73. The van der Waals surface area contributed by atoms with E-state index in [9.17, 15) is 24.5 Å². The highest BCUT2D eigenvalue weighted by molar-refractivity contribution is 6.32. The zero-order valence-corrected chi connectivity index (χ0v) is 19.6. The number of nitro groups is 1. The number of rotatable bonds is 2. The number of benzene rings is 3. The number of hydrogen-bond donors (Lipinski definition) is 1. The molecule has 1 N–H and O–H groups in total. The van der Waals surface area contributed by atoms with Crippen LogP contribution < -0.4 is 15.1 Å². The van der Waals surface area contributed by atoms with E-state index in [0.717, 1.165) is 21.7 Å².